The quantitative estimate of drug-likeness (QED) is 0.612. The van der Waals surface area contributed by atoms with Crippen molar-refractivity contribution in [2.24, 2.45) is 0 Å². The number of anilines is 1. The monoisotopic (exact) mass is 452 g/mol. The van der Waals surface area contributed by atoms with E-state index >= 15 is 0 Å². The smallest absolute Gasteiger partial charge is 0.314 e. The number of pyridine rings is 1. The lowest BCUT2D eigenvalue weighted by Crippen LogP contribution is -2.53. The summed E-state index contributed by atoms with van der Waals surface area (Å²) < 4.78 is 57.3. The van der Waals surface area contributed by atoms with Crippen LogP contribution in [0.15, 0.2) is 59.3 Å². The Balaban J connectivity index is 0.000000179. The van der Waals surface area contributed by atoms with Crippen LogP contribution in [0, 0.1) is 0 Å². The molecule has 1 aliphatic heterocycles. The molecule has 166 valence electrons. The van der Waals surface area contributed by atoms with Gasteiger partial charge < -0.3 is 9.73 Å². The number of alkyl halides is 2. The van der Waals surface area contributed by atoms with Crippen LogP contribution < -0.4 is 10.0 Å². The minimum atomic E-state index is -3.44. The third-order valence-electron chi connectivity index (χ3n) is 4.31. The van der Waals surface area contributed by atoms with Gasteiger partial charge in [-0.3, -0.25) is 9.71 Å². The molecule has 31 heavy (non-hydrogen) atoms. The fraction of sp³-hybridized carbons (Fsp3) is 0.316. The molecule has 9 nitrogen and oxygen atoms in total. The summed E-state index contributed by atoms with van der Waals surface area (Å²) in [6, 6.07) is 12.2. The Hall–Kier alpha value is -2.96. The molecule has 12 heteroatoms. The van der Waals surface area contributed by atoms with Crippen molar-refractivity contribution in [3.63, 3.8) is 0 Å². The maximum atomic E-state index is 12.2. The van der Waals surface area contributed by atoms with E-state index in [-0.39, 0.29) is 11.9 Å². The first-order valence-corrected chi connectivity index (χ1v) is 10.9. The van der Waals surface area contributed by atoms with Crippen LogP contribution in [0.5, 0.6) is 0 Å². The highest BCUT2D eigenvalue weighted by Crippen LogP contribution is 2.22. The molecule has 1 atom stereocenters. The molecule has 4 rings (SSSR count). The average molecular weight is 452 g/mol. The molecule has 0 amide bonds. The summed E-state index contributed by atoms with van der Waals surface area (Å²) >= 11 is 0. The van der Waals surface area contributed by atoms with Gasteiger partial charge in [-0.25, -0.2) is 0 Å². The van der Waals surface area contributed by atoms with Crippen molar-refractivity contribution in [3.05, 3.63) is 60.7 Å². The lowest BCUT2D eigenvalue weighted by molar-refractivity contribution is 0.116. The van der Waals surface area contributed by atoms with Gasteiger partial charge in [0.15, 0.2) is 0 Å². The largest absolute Gasteiger partial charge is 0.415 e. The van der Waals surface area contributed by atoms with Gasteiger partial charge >= 0.3 is 16.6 Å². The summed E-state index contributed by atoms with van der Waals surface area (Å²) in [6.45, 7) is 3.79. The molecule has 0 aliphatic carbocycles. The molecule has 1 unspecified atom stereocenters. The number of nitrogens with one attached hydrogen (secondary N) is 2. The molecule has 2 N–H and O–H groups in total. The zero-order valence-corrected chi connectivity index (χ0v) is 17.5. The average Bonchev–Trinajstić information content (AvgIpc) is 3.26. The topological polar surface area (TPSA) is 113 Å². The summed E-state index contributed by atoms with van der Waals surface area (Å²) in [5.41, 5.74) is 1.12. The minimum Gasteiger partial charge on any atom is -0.415 e. The first kappa shape index (κ1) is 22.7. The molecule has 0 bridgehead atoms. The van der Waals surface area contributed by atoms with Crippen LogP contribution in [0.1, 0.15) is 19.2 Å². The van der Waals surface area contributed by atoms with Crippen molar-refractivity contribution in [2.45, 2.75) is 19.4 Å². The molecule has 1 aromatic carbocycles. The highest BCUT2D eigenvalue weighted by atomic mass is 32.2. The van der Waals surface area contributed by atoms with Crippen molar-refractivity contribution in [2.75, 3.05) is 24.4 Å². The summed E-state index contributed by atoms with van der Waals surface area (Å²) in [5.74, 6) is -0.628. The lowest BCUT2D eigenvalue weighted by atomic mass is 10.3. The fourth-order valence-electron chi connectivity index (χ4n) is 2.82. The van der Waals surface area contributed by atoms with Crippen molar-refractivity contribution < 1.29 is 21.6 Å². The SMILES string of the molecule is CC1CNCCN1S(=O)(=O)Nc1ccccc1.FC(F)c1nnc(-c2cccnc2)o1. The first-order valence-electron chi connectivity index (χ1n) is 9.44. The summed E-state index contributed by atoms with van der Waals surface area (Å²) in [4.78, 5) is 3.80. The van der Waals surface area contributed by atoms with Gasteiger partial charge in [-0.15, -0.1) is 10.2 Å². The van der Waals surface area contributed by atoms with E-state index in [1.165, 1.54) is 10.5 Å². The highest BCUT2D eigenvalue weighted by molar-refractivity contribution is 7.90. The second-order valence-electron chi connectivity index (χ2n) is 6.62. The third-order valence-corrected chi connectivity index (χ3v) is 5.96. The van der Waals surface area contributed by atoms with Gasteiger partial charge in [-0.1, -0.05) is 18.2 Å². The maximum Gasteiger partial charge on any atom is 0.314 e. The van der Waals surface area contributed by atoms with Gasteiger partial charge in [0.1, 0.15) is 0 Å². The third kappa shape index (κ3) is 6.26. The maximum absolute atomic E-state index is 12.2. The molecule has 0 saturated carbocycles. The molecule has 1 aliphatic rings. The van der Waals surface area contributed by atoms with E-state index in [0.29, 0.717) is 30.9 Å². The second-order valence-corrected chi connectivity index (χ2v) is 8.25. The predicted molar refractivity (Wildman–Crippen MR) is 111 cm³/mol. The second kappa shape index (κ2) is 10.4. The lowest BCUT2D eigenvalue weighted by Gasteiger charge is -2.32. The van der Waals surface area contributed by atoms with Crippen LogP contribution >= 0.6 is 0 Å². The van der Waals surface area contributed by atoms with E-state index in [1.54, 1.807) is 42.6 Å². The van der Waals surface area contributed by atoms with Crippen LogP contribution in [-0.4, -0.2) is 53.6 Å². The zero-order chi connectivity index (χ0) is 22.3. The highest BCUT2D eigenvalue weighted by Gasteiger charge is 2.29. The van der Waals surface area contributed by atoms with Crippen LogP contribution in [0.3, 0.4) is 0 Å². The number of hydrogen-bond acceptors (Lipinski definition) is 7. The molecule has 1 fully saturated rings. The number of aromatic nitrogens is 3. The number of halogens is 2. The van der Waals surface area contributed by atoms with Gasteiger partial charge in [-0.2, -0.15) is 21.5 Å². The number of para-hydroxylation sites is 1. The Kier molecular flexibility index (Phi) is 7.60. The van der Waals surface area contributed by atoms with Crippen molar-refractivity contribution in [1.29, 1.82) is 0 Å². The number of hydrogen-bond donors (Lipinski definition) is 2. The van der Waals surface area contributed by atoms with Crippen LogP contribution in [0.4, 0.5) is 14.5 Å². The standard InChI is InChI=1S/C11H17N3O2S.C8H5F2N3O/c1-10-9-12-7-8-14(10)17(15,16)13-11-5-3-2-4-6-11;9-6(10)8-13-12-7(14-8)5-2-1-3-11-4-5/h2-6,10,12-13H,7-9H2,1H3;1-4,6H. The molecule has 3 aromatic rings. The molecule has 0 spiro atoms. The van der Waals surface area contributed by atoms with Gasteiger partial charge in [0.05, 0.1) is 5.56 Å². The zero-order valence-electron chi connectivity index (χ0n) is 16.6. The van der Waals surface area contributed by atoms with Crippen molar-refractivity contribution in [1.82, 2.24) is 24.8 Å². The number of rotatable bonds is 5. The molecular weight excluding hydrogens is 430 g/mol. The molecule has 1 saturated heterocycles. The Bertz CT molecular complexity index is 1050. The van der Waals surface area contributed by atoms with Crippen LogP contribution in [0.25, 0.3) is 11.5 Å². The fourth-order valence-corrected chi connectivity index (χ4v) is 4.25. The number of benzene rings is 1. The van der Waals surface area contributed by atoms with E-state index in [0.717, 1.165) is 0 Å². The van der Waals surface area contributed by atoms with Crippen LogP contribution in [0.2, 0.25) is 0 Å². The summed E-state index contributed by atoms with van der Waals surface area (Å²) in [6.07, 6.45) is 0.282. The molecule has 3 heterocycles. The number of piperazine rings is 1. The molecular formula is C19H22F2N6O3S. The van der Waals surface area contributed by atoms with Crippen LogP contribution in [-0.2, 0) is 10.2 Å². The molecule has 0 radical (unpaired) electrons. The summed E-state index contributed by atoms with van der Waals surface area (Å²) in [7, 11) is -3.44. The van der Waals surface area contributed by atoms with E-state index < -0.39 is 22.5 Å². The van der Waals surface area contributed by atoms with E-state index in [4.69, 9.17) is 4.42 Å². The van der Waals surface area contributed by atoms with E-state index in [9.17, 15) is 17.2 Å². The van der Waals surface area contributed by atoms with E-state index in [2.05, 4.69) is 25.2 Å². The van der Waals surface area contributed by atoms with Crippen molar-refractivity contribution in [3.8, 4) is 11.5 Å². The van der Waals surface area contributed by atoms with Gasteiger partial charge in [-0.05, 0) is 31.2 Å². The van der Waals surface area contributed by atoms with Gasteiger partial charge in [0.25, 0.3) is 5.89 Å². The predicted octanol–water partition coefficient (Wildman–Crippen LogP) is 2.71. The molecule has 2 aromatic heterocycles. The summed E-state index contributed by atoms with van der Waals surface area (Å²) in [5, 5.41) is 9.84. The van der Waals surface area contributed by atoms with Gasteiger partial charge in [0.2, 0.25) is 5.89 Å². The Morgan fingerprint density at radius 2 is 1.97 bits per heavy atom. The van der Waals surface area contributed by atoms with Crippen molar-refractivity contribution >= 4 is 15.9 Å². The number of nitrogens with zero attached hydrogens (tertiary/aromatic N) is 4. The van der Waals surface area contributed by atoms with Gasteiger partial charge in [0, 0.05) is 43.8 Å². The minimum absolute atomic E-state index is 0.0232. The Labute approximate surface area is 178 Å². The Morgan fingerprint density at radius 1 is 1.19 bits per heavy atom. The van der Waals surface area contributed by atoms with E-state index in [1.807, 2.05) is 13.0 Å². The normalized spacial score (nSPS) is 17.1. The Morgan fingerprint density at radius 3 is 2.58 bits per heavy atom. The first-order chi connectivity index (χ1) is 14.9.